The lowest BCUT2D eigenvalue weighted by molar-refractivity contribution is -0.150. The van der Waals surface area contributed by atoms with E-state index < -0.39 is 6.04 Å². The van der Waals surface area contributed by atoms with Crippen LogP contribution in [0, 0.1) is 12.3 Å². The van der Waals surface area contributed by atoms with E-state index >= 15 is 0 Å². The van der Waals surface area contributed by atoms with Crippen molar-refractivity contribution in [2.75, 3.05) is 6.54 Å². The van der Waals surface area contributed by atoms with Gasteiger partial charge in [-0.3, -0.25) is 9.59 Å². The van der Waals surface area contributed by atoms with Crippen LogP contribution in [0.3, 0.4) is 0 Å². The average Bonchev–Trinajstić information content (AvgIpc) is 2.35. The largest absolute Gasteiger partial charge is 0.345 e. The Hall–Kier alpha value is -1.84. The number of nitrogens with zero attached hydrogens (tertiary/aromatic N) is 1. The summed E-state index contributed by atoms with van der Waals surface area (Å²) in [5, 5.41) is 2.69. The van der Waals surface area contributed by atoms with Crippen LogP contribution in [0.5, 0.6) is 0 Å². The Balaban J connectivity index is 2.32. The van der Waals surface area contributed by atoms with Crippen LogP contribution in [0.4, 0.5) is 0 Å². The summed E-state index contributed by atoms with van der Waals surface area (Å²) >= 11 is 0. The minimum Gasteiger partial charge on any atom is -0.345 e. The van der Waals surface area contributed by atoms with Crippen LogP contribution in [-0.4, -0.2) is 29.3 Å². The molecule has 0 aromatic heterocycles. The Morgan fingerprint density at radius 3 is 2.50 bits per heavy atom. The van der Waals surface area contributed by atoms with Gasteiger partial charge >= 0.3 is 0 Å². The van der Waals surface area contributed by atoms with Gasteiger partial charge in [0.1, 0.15) is 6.04 Å². The maximum atomic E-state index is 12.2. The molecule has 0 aliphatic carbocycles. The molecule has 1 aliphatic heterocycles. The molecule has 0 bridgehead atoms. The van der Waals surface area contributed by atoms with Crippen LogP contribution in [0.25, 0.3) is 0 Å². The van der Waals surface area contributed by atoms with Crippen LogP contribution >= 0.6 is 0 Å². The van der Waals surface area contributed by atoms with Crippen LogP contribution in [-0.2, 0) is 16.1 Å². The second kappa shape index (κ2) is 5.27. The van der Waals surface area contributed by atoms with Gasteiger partial charge in [0.05, 0.1) is 6.54 Å². The fraction of sp³-hybridized carbons (Fsp3) is 0.500. The van der Waals surface area contributed by atoms with E-state index in [2.05, 4.69) is 5.32 Å². The Kier molecular flexibility index (Phi) is 3.84. The van der Waals surface area contributed by atoms with E-state index in [0.717, 1.165) is 11.1 Å². The van der Waals surface area contributed by atoms with Crippen LogP contribution in [0.1, 0.15) is 31.9 Å². The predicted molar refractivity (Wildman–Crippen MR) is 78.0 cm³/mol. The first-order valence-electron chi connectivity index (χ1n) is 6.92. The van der Waals surface area contributed by atoms with Gasteiger partial charge in [-0.25, -0.2) is 0 Å². The highest BCUT2D eigenvalue weighted by Crippen LogP contribution is 2.28. The minimum atomic E-state index is -0.427. The van der Waals surface area contributed by atoms with Crippen molar-refractivity contribution in [1.82, 2.24) is 10.2 Å². The van der Waals surface area contributed by atoms with Crippen molar-refractivity contribution >= 4 is 11.8 Å². The molecule has 1 aliphatic rings. The fourth-order valence-electron chi connectivity index (χ4n) is 2.66. The third kappa shape index (κ3) is 2.84. The van der Waals surface area contributed by atoms with Gasteiger partial charge in [-0.15, -0.1) is 0 Å². The molecule has 20 heavy (non-hydrogen) atoms. The number of aryl methyl sites for hydroxylation is 1. The number of carbonyl (C=O) groups excluding carboxylic acids is 2. The number of rotatable bonds is 2. The molecule has 1 aromatic rings. The summed E-state index contributed by atoms with van der Waals surface area (Å²) < 4.78 is 0. The minimum absolute atomic E-state index is 0.0206. The molecule has 1 unspecified atom stereocenters. The van der Waals surface area contributed by atoms with Crippen molar-refractivity contribution in [3.05, 3.63) is 35.4 Å². The molecule has 2 amide bonds. The summed E-state index contributed by atoms with van der Waals surface area (Å²) in [5.74, 6) is -0.0848. The first kappa shape index (κ1) is 14.6. The van der Waals surface area contributed by atoms with Crippen molar-refractivity contribution in [3.8, 4) is 0 Å². The number of hydrogen-bond acceptors (Lipinski definition) is 2. The number of hydrogen-bond donors (Lipinski definition) is 1. The zero-order valence-corrected chi connectivity index (χ0v) is 12.6. The highest BCUT2D eigenvalue weighted by atomic mass is 16.2. The van der Waals surface area contributed by atoms with Gasteiger partial charge in [-0.1, -0.05) is 45.0 Å². The first-order chi connectivity index (χ1) is 9.30. The van der Waals surface area contributed by atoms with Gasteiger partial charge in [-0.2, -0.15) is 0 Å². The molecule has 0 spiro atoms. The third-order valence-corrected chi connectivity index (χ3v) is 3.72. The Morgan fingerprint density at radius 1 is 1.25 bits per heavy atom. The van der Waals surface area contributed by atoms with Gasteiger partial charge in [-0.05, 0) is 23.5 Å². The number of nitrogens with one attached hydrogen (secondary N) is 1. The van der Waals surface area contributed by atoms with Crippen LogP contribution in [0.15, 0.2) is 24.3 Å². The summed E-state index contributed by atoms with van der Waals surface area (Å²) in [5.41, 5.74) is 1.94. The molecular weight excluding hydrogens is 252 g/mol. The average molecular weight is 274 g/mol. The summed E-state index contributed by atoms with van der Waals surface area (Å²) in [4.78, 5) is 26.1. The quantitative estimate of drug-likeness (QED) is 0.895. The van der Waals surface area contributed by atoms with Crippen molar-refractivity contribution < 1.29 is 9.59 Å². The molecule has 1 aromatic carbocycles. The predicted octanol–water partition coefficient (Wildman–Crippen LogP) is 1.87. The molecule has 4 heteroatoms. The molecule has 2 rings (SSSR count). The zero-order valence-electron chi connectivity index (χ0n) is 12.6. The maximum absolute atomic E-state index is 12.2. The van der Waals surface area contributed by atoms with E-state index in [1.165, 1.54) is 0 Å². The van der Waals surface area contributed by atoms with Crippen molar-refractivity contribution in [3.63, 3.8) is 0 Å². The molecule has 1 heterocycles. The smallest absolute Gasteiger partial charge is 0.243 e. The highest BCUT2D eigenvalue weighted by Gasteiger charge is 2.41. The van der Waals surface area contributed by atoms with Crippen LogP contribution in [0.2, 0.25) is 0 Å². The fourth-order valence-corrected chi connectivity index (χ4v) is 2.66. The van der Waals surface area contributed by atoms with Gasteiger partial charge in [0.2, 0.25) is 11.8 Å². The summed E-state index contributed by atoms with van der Waals surface area (Å²) in [7, 11) is 0. The number of amides is 2. The van der Waals surface area contributed by atoms with Crippen molar-refractivity contribution in [1.29, 1.82) is 0 Å². The maximum Gasteiger partial charge on any atom is 0.243 e. The Labute approximate surface area is 120 Å². The lowest BCUT2D eigenvalue weighted by Crippen LogP contribution is -2.62. The summed E-state index contributed by atoms with van der Waals surface area (Å²) in [6.07, 6.45) is 0. The van der Waals surface area contributed by atoms with E-state index in [4.69, 9.17) is 0 Å². The monoisotopic (exact) mass is 274 g/mol. The van der Waals surface area contributed by atoms with Gasteiger partial charge in [0.25, 0.3) is 0 Å². The second-order valence-corrected chi connectivity index (χ2v) is 6.43. The zero-order chi connectivity index (χ0) is 14.9. The van der Waals surface area contributed by atoms with Crippen molar-refractivity contribution in [2.45, 2.75) is 40.3 Å². The molecule has 1 N–H and O–H groups in total. The number of piperazine rings is 1. The highest BCUT2D eigenvalue weighted by molar-refractivity contribution is 5.95. The molecule has 108 valence electrons. The topological polar surface area (TPSA) is 49.4 Å². The normalized spacial score (nSPS) is 20.0. The number of carbonyl (C=O) groups is 2. The van der Waals surface area contributed by atoms with E-state index in [0.29, 0.717) is 6.54 Å². The SMILES string of the molecule is Cc1ccccc1CN1C(=O)CNC(=O)C1C(C)(C)C. The van der Waals surface area contributed by atoms with E-state index in [9.17, 15) is 9.59 Å². The van der Waals surface area contributed by atoms with E-state index in [-0.39, 0.29) is 23.8 Å². The van der Waals surface area contributed by atoms with Crippen molar-refractivity contribution in [2.24, 2.45) is 5.41 Å². The Morgan fingerprint density at radius 2 is 1.90 bits per heavy atom. The molecule has 4 nitrogen and oxygen atoms in total. The molecule has 1 saturated heterocycles. The second-order valence-electron chi connectivity index (χ2n) is 6.43. The van der Waals surface area contributed by atoms with Gasteiger partial charge < -0.3 is 10.2 Å². The molecular formula is C16H22N2O2. The summed E-state index contributed by atoms with van der Waals surface area (Å²) in [6.45, 7) is 8.57. The lowest BCUT2D eigenvalue weighted by atomic mass is 9.83. The van der Waals surface area contributed by atoms with E-state index in [1.807, 2.05) is 52.0 Å². The van der Waals surface area contributed by atoms with Gasteiger partial charge in [0, 0.05) is 6.54 Å². The first-order valence-corrected chi connectivity index (χ1v) is 6.92. The lowest BCUT2D eigenvalue weighted by Gasteiger charge is -2.42. The van der Waals surface area contributed by atoms with Gasteiger partial charge in [0.15, 0.2) is 0 Å². The number of benzene rings is 1. The Bertz CT molecular complexity index is 532. The summed E-state index contributed by atoms with van der Waals surface area (Å²) in [6, 6.07) is 7.54. The standard InChI is InChI=1S/C16H22N2O2/c1-11-7-5-6-8-12(11)10-18-13(19)9-17-15(20)14(18)16(2,3)4/h5-8,14H,9-10H2,1-4H3,(H,17,20). The molecule has 1 fully saturated rings. The molecule has 1 atom stereocenters. The molecule has 0 radical (unpaired) electrons. The molecule has 0 saturated carbocycles. The van der Waals surface area contributed by atoms with Crippen LogP contribution < -0.4 is 5.32 Å². The van der Waals surface area contributed by atoms with E-state index in [1.54, 1.807) is 4.90 Å². The third-order valence-electron chi connectivity index (χ3n) is 3.72.